The van der Waals surface area contributed by atoms with E-state index in [1.54, 1.807) is 11.0 Å². The van der Waals surface area contributed by atoms with Crippen LogP contribution in [0.3, 0.4) is 0 Å². The molecule has 2 heterocycles. The number of likely N-dealkylation sites (tertiary alicyclic amines) is 1. The van der Waals surface area contributed by atoms with Gasteiger partial charge in [-0.15, -0.1) is 0 Å². The molecule has 0 saturated carbocycles. The van der Waals surface area contributed by atoms with Crippen molar-refractivity contribution in [2.75, 3.05) is 19.7 Å². The van der Waals surface area contributed by atoms with E-state index in [1.165, 1.54) is 0 Å². The Balaban J connectivity index is 1.60. The van der Waals surface area contributed by atoms with Crippen molar-refractivity contribution in [3.05, 3.63) is 40.8 Å². The second-order valence-electron chi connectivity index (χ2n) is 6.74. The molecule has 27 heavy (non-hydrogen) atoms. The van der Waals surface area contributed by atoms with Crippen molar-refractivity contribution in [3.8, 4) is 0 Å². The van der Waals surface area contributed by atoms with Gasteiger partial charge in [0.15, 0.2) is 0 Å². The minimum Gasteiger partial charge on any atom is -0.396 e. The molecule has 0 bridgehead atoms. The number of carbonyl (C=O) groups excluding carboxylic acids is 3. The fraction of sp³-hybridized carbons (Fsp3) is 0.450. The van der Waals surface area contributed by atoms with Gasteiger partial charge in [-0.1, -0.05) is 30.3 Å². The molecule has 1 N–H and O–H groups in total. The van der Waals surface area contributed by atoms with Crippen LogP contribution in [0.4, 0.5) is 4.79 Å². The van der Waals surface area contributed by atoms with Gasteiger partial charge >= 0.3 is 0 Å². The van der Waals surface area contributed by atoms with E-state index in [9.17, 15) is 19.5 Å². The Morgan fingerprint density at radius 3 is 2.74 bits per heavy atom. The molecule has 7 heteroatoms. The number of hydrogen-bond acceptors (Lipinski definition) is 5. The Kier molecular flexibility index (Phi) is 6.68. The zero-order valence-electron chi connectivity index (χ0n) is 15.2. The summed E-state index contributed by atoms with van der Waals surface area (Å²) in [6.45, 7) is 0.832. The van der Waals surface area contributed by atoms with E-state index < -0.39 is 0 Å². The van der Waals surface area contributed by atoms with Crippen LogP contribution in [0.1, 0.15) is 37.7 Å². The largest absolute Gasteiger partial charge is 0.396 e. The average Bonchev–Trinajstić information content (AvgIpc) is 2.94. The monoisotopic (exact) mass is 388 g/mol. The number of aliphatic hydroxyl groups is 1. The predicted octanol–water partition coefficient (Wildman–Crippen LogP) is 2.88. The minimum atomic E-state index is -0.341. The van der Waals surface area contributed by atoms with Crippen molar-refractivity contribution in [2.45, 2.75) is 38.1 Å². The maximum Gasteiger partial charge on any atom is 0.293 e. The van der Waals surface area contributed by atoms with Gasteiger partial charge in [0.1, 0.15) is 0 Å². The lowest BCUT2D eigenvalue weighted by Crippen LogP contribution is -2.45. The van der Waals surface area contributed by atoms with E-state index in [0.717, 1.165) is 41.5 Å². The summed E-state index contributed by atoms with van der Waals surface area (Å²) in [5, 5.41) is 8.86. The lowest BCUT2D eigenvalue weighted by atomic mass is 9.99. The number of hydrogen-bond donors (Lipinski definition) is 1. The third-order valence-corrected chi connectivity index (χ3v) is 5.84. The Hall–Kier alpha value is -2.12. The average molecular weight is 388 g/mol. The van der Waals surface area contributed by atoms with Crippen LogP contribution in [-0.2, 0) is 9.59 Å². The summed E-state index contributed by atoms with van der Waals surface area (Å²) in [5.74, 6) is -0.397. The van der Waals surface area contributed by atoms with E-state index in [4.69, 9.17) is 0 Å². The zero-order valence-corrected chi connectivity index (χ0v) is 16.0. The molecule has 3 rings (SSSR count). The van der Waals surface area contributed by atoms with Crippen LogP contribution >= 0.6 is 11.8 Å². The summed E-state index contributed by atoms with van der Waals surface area (Å²) >= 11 is 0.913. The van der Waals surface area contributed by atoms with Crippen molar-refractivity contribution < 1.29 is 19.5 Å². The molecule has 144 valence electrons. The van der Waals surface area contributed by atoms with Gasteiger partial charge in [0.2, 0.25) is 5.91 Å². The highest BCUT2D eigenvalue weighted by Gasteiger charge is 2.36. The highest BCUT2D eigenvalue weighted by molar-refractivity contribution is 8.18. The Labute approximate surface area is 163 Å². The third-order valence-electron chi connectivity index (χ3n) is 4.93. The van der Waals surface area contributed by atoms with Crippen LogP contribution in [-0.4, -0.2) is 57.7 Å². The normalized spacial score (nSPS) is 22.0. The molecule has 0 aliphatic carbocycles. The Morgan fingerprint density at radius 1 is 1.22 bits per heavy atom. The van der Waals surface area contributed by atoms with Gasteiger partial charge in [-0.3, -0.25) is 19.3 Å². The number of imide groups is 1. The number of carbonyl (C=O) groups is 3. The van der Waals surface area contributed by atoms with Crippen molar-refractivity contribution in [3.63, 3.8) is 0 Å². The minimum absolute atomic E-state index is 0.0563. The van der Waals surface area contributed by atoms with Crippen LogP contribution < -0.4 is 0 Å². The molecule has 2 saturated heterocycles. The first kappa shape index (κ1) is 19.6. The maximum atomic E-state index is 12.6. The second kappa shape index (κ2) is 9.19. The summed E-state index contributed by atoms with van der Waals surface area (Å²) in [7, 11) is 0. The number of amides is 3. The lowest BCUT2D eigenvalue weighted by Gasteiger charge is -2.36. The first-order valence-corrected chi connectivity index (χ1v) is 10.1. The van der Waals surface area contributed by atoms with Crippen LogP contribution in [0.2, 0.25) is 0 Å². The zero-order chi connectivity index (χ0) is 19.2. The van der Waals surface area contributed by atoms with Crippen LogP contribution in [0.15, 0.2) is 35.2 Å². The van der Waals surface area contributed by atoms with E-state index in [-0.39, 0.29) is 42.7 Å². The Morgan fingerprint density at radius 2 is 2.00 bits per heavy atom. The first-order chi connectivity index (χ1) is 13.1. The highest BCUT2D eigenvalue weighted by Crippen LogP contribution is 2.32. The molecular weight excluding hydrogens is 364 g/mol. The smallest absolute Gasteiger partial charge is 0.293 e. The van der Waals surface area contributed by atoms with Crippen molar-refractivity contribution in [2.24, 2.45) is 0 Å². The molecule has 0 spiro atoms. The molecule has 1 aromatic carbocycles. The summed E-state index contributed by atoms with van der Waals surface area (Å²) < 4.78 is 0. The van der Waals surface area contributed by atoms with Gasteiger partial charge in [0.25, 0.3) is 11.1 Å². The fourth-order valence-electron chi connectivity index (χ4n) is 3.52. The van der Waals surface area contributed by atoms with Gasteiger partial charge in [-0.25, -0.2) is 0 Å². The van der Waals surface area contributed by atoms with E-state index in [2.05, 4.69) is 0 Å². The van der Waals surface area contributed by atoms with Crippen LogP contribution in [0, 0.1) is 0 Å². The van der Waals surface area contributed by atoms with Crippen LogP contribution in [0.5, 0.6) is 0 Å². The van der Waals surface area contributed by atoms with Crippen molar-refractivity contribution in [1.29, 1.82) is 0 Å². The maximum absolute atomic E-state index is 12.6. The van der Waals surface area contributed by atoms with E-state index in [1.807, 2.05) is 30.3 Å². The highest BCUT2D eigenvalue weighted by atomic mass is 32.2. The van der Waals surface area contributed by atoms with Crippen molar-refractivity contribution in [1.82, 2.24) is 9.80 Å². The predicted molar refractivity (Wildman–Crippen MR) is 105 cm³/mol. The molecule has 3 amide bonds. The van der Waals surface area contributed by atoms with Gasteiger partial charge in [-0.05, 0) is 49.1 Å². The summed E-state index contributed by atoms with van der Waals surface area (Å²) in [6.07, 6.45) is 5.31. The molecule has 6 nitrogen and oxygen atoms in total. The lowest BCUT2D eigenvalue weighted by molar-refractivity contribution is -0.135. The fourth-order valence-corrected chi connectivity index (χ4v) is 4.39. The topological polar surface area (TPSA) is 77.9 Å². The van der Waals surface area contributed by atoms with Gasteiger partial charge < -0.3 is 10.0 Å². The number of nitrogens with zero attached hydrogens (tertiary/aromatic N) is 2. The second-order valence-corrected chi connectivity index (χ2v) is 7.74. The first-order valence-electron chi connectivity index (χ1n) is 9.31. The molecule has 1 unspecified atom stereocenters. The quantitative estimate of drug-likeness (QED) is 0.758. The molecule has 0 radical (unpaired) electrons. The number of aliphatic hydroxyl groups excluding tert-OH is 1. The molecule has 1 atom stereocenters. The number of piperidine rings is 1. The van der Waals surface area contributed by atoms with E-state index >= 15 is 0 Å². The molecule has 2 aliphatic heterocycles. The van der Waals surface area contributed by atoms with E-state index in [0.29, 0.717) is 17.9 Å². The molecule has 2 aliphatic rings. The summed E-state index contributed by atoms with van der Waals surface area (Å²) in [4.78, 5) is 40.7. The van der Waals surface area contributed by atoms with Gasteiger partial charge in [0.05, 0.1) is 4.91 Å². The van der Waals surface area contributed by atoms with Gasteiger partial charge in [0, 0.05) is 32.2 Å². The molecule has 2 fully saturated rings. The number of rotatable bonds is 6. The third kappa shape index (κ3) is 4.78. The summed E-state index contributed by atoms with van der Waals surface area (Å²) in [5.41, 5.74) is 0.860. The molecule has 0 aromatic heterocycles. The van der Waals surface area contributed by atoms with Gasteiger partial charge in [-0.2, -0.15) is 0 Å². The standard InChI is InChI=1S/C20H24N2O4S/c23-13-10-16-8-4-5-11-21(16)18(24)9-12-22-19(25)17(27-20(22)26)14-15-6-2-1-3-7-15/h1-3,6-7,14,16,23H,4-5,8-13H2. The SMILES string of the molecule is O=C1SC(=Cc2ccccc2)C(=O)N1CCC(=O)N1CCCCC1CCO. The Bertz CT molecular complexity index is 733. The summed E-state index contributed by atoms with van der Waals surface area (Å²) in [6, 6.07) is 9.43. The van der Waals surface area contributed by atoms with Crippen LogP contribution in [0.25, 0.3) is 6.08 Å². The number of thioether (sulfide) groups is 1. The van der Waals surface area contributed by atoms with Crippen molar-refractivity contribution >= 4 is 34.9 Å². The molecule has 1 aromatic rings. The number of benzene rings is 1. The molecular formula is C20H24N2O4S.